The summed E-state index contributed by atoms with van der Waals surface area (Å²) in [6, 6.07) is 4.48. The molecule has 1 aromatic rings. The van der Waals surface area contributed by atoms with Crippen LogP contribution in [0.25, 0.3) is 0 Å². The van der Waals surface area contributed by atoms with Gasteiger partial charge in [0.2, 0.25) is 0 Å². The molecule has 14 heavy (non-hydrogen) atoms. The molecule has 0 aliphatic heterocycles. The zero-order valence-electron chi connectivity index (χ0n) is 9.05. The molecule has 1 nitrogen and oxygen atoms in total. The molecule has 1 aromatic heterocycles. The first kappa shape index (κ1) is 10.2. The molecule has 0 amide bonds. The van der Waals surface area contributed by atoms with Gasteiger partial charge in [-0.1, -0.05) is 19.9 Å². The summed E-state index contributed by atoms with van der Waals surface area (Å²) >= 11 is 1.92. The molecular formula is C12H19NS. The smallest absolute Gasteiger partial charge is 0.0197 e. The highest BCUT2D eigenvalue weighted by Crippen LogP contribution is 2.49. The van der Waals surface area contributed by atoms with Gasteiger partial charge < -0.3 is 5.32 Å². The molecule has 1 aliphatic carbocycles. The van der Waals surface area contributed by atoms with Crippen molar-refractivity contribution in [2.75, 3.05) is 13.1 Å². The number of nitrogens with one attached hydrogen (secondary N) is 1. The van der Waals surface area contributed by atoms with Crippen molar-refractivity contribution in [1.82, 2.24) is 5.32 Å². The lowest BCUT2D eigenvalue weighted by Gasteiger charge is -2.48. The Kier molecular flexibility index (Phi) is 2.93. The Hall–Kier alpha value is -0.340. The Labute approximate surface area is 90.5 Å². The summed E-state index contributed by atoms with van der Waals surface area (Å²) in [4.78, 5) is 1.58. The van der Waals surface area contributed by atoms with Crippen molar-refractivity contribution in [1.29, 1.82) is 0 Å². The van der Waals surface area contributed by atoms with Crippen LogP contribution < -0.4 is 5.32 Å². The van der Waals surface area contributed by atoms with E-state index < -0.39 is 0 Å². The maximum atomic E-state index is 3.52. The van der Waals surface area contributed by atoms with Crippen LogP contribution in [0.1, 0.15) is 31.6 Å². The topological polar surface area (TPSA) is 12.0 Å². The third-order valence-electron chi connectivity index (χ3n) is 3.67. The fourth-order valence-corrected chi connectivity index (χ4v) is 3.48. The molecule has 0 spiro atoms. The molecule has 2 unspecified atom stereocenters. The molecule has 2 heteroatoms. The van der Waals surface area contributed by atoms with E-state index in [2.05, 4.69) is 36.7 Å². The number of hydrogen-bond donors (Lipinski definition) is 1. The lowest BCUT2D eigenvalue weighted by Crippen LogP contribution is -2.49. The molecule has 1 N–H and O–H groups in total. The van der Waals surface area contributed by atoms with Crippen LogP contribution >= 0.6 is 11.3 Å². The van der Waals surface area contributed by atoms with Crippen LogP contribution in [0.5, 0.6) is 0 Å². The molecular weight excluding hydrogens is 190 g/mol. The van der Waals surface area contributed by atoms with Crippen LogP contribution in [0, 0.1) is 5.92 Å². The Bertz CT molecular complexity index is 281. The summed E-state index contributed by atoms with van der Waals surface area (Å²) in [6.07, 6.45) is 2.75. The van der Waals surface area contributed by atoms with E-state index in [0.29, 0.717) is 5.41 Å². The highest BCUT2D eigenvalue weighted by molar-refractivity contribution is 7.10. The third-order valence-corrected chi connectivity index (χ3v) is 4.76. The van der Waals surface area contributed by atoms with Crippen LogP contribution in [-0.4, -0.2) is 13.1 Å². The van der Waals surface area contributed by atoms with Gasteiger partial charge in [0.15, 0.2) is 0 Å². The van der Waals surface area contributed by atoms with Crippen molar-refractivity contribution in [3.63, 3.8) is 0 Å². The average Bonchev–Trinajstić information content (AvgIpc) is 2.70. The molecule has 0 bridgehead atoms. The van der Waals surface area contributed by atoms with Gasteiger partial charge in [0.25, 0.3) is 0 Å². The second kappa shape index (κ2) is 4.03. The molecule has 2 rings (SSSR count). The molecule has 0 aromatic carbocycles. The predicted molar refractivity (Wildman–Crippen MR) is 62.9 cm³/mol. The van der Waals surface area contributed by atoms with Crippen LogP contribution in [0.2, 0.25) is 0 Å². The van der Waals surface area contributed by atoms with Gasteiger partial charge in [-0.15, -0.1) is 11.3 Å². The highest BCUT2D eigenvalue weighted by atomic mass is 32.1. The van der Waals surface area contributed by atoms with E-state index in [0.717, 1.165) is 19.0 Å². The van der Waals surface area contributed by atoms with E-state index in [-0.39, 0.29) is 0 Å². The standard InChI is InChI=1S/C12H19NS/c1-3-13-9-12(7-6-10(12)2)11-5-4-8-14-11/h4-5,8,10,13H,3,6-7,9H2,1-2H3. The van der Waals surface area contributed by atoms with Crippen LogP contribution in [0.3, 0.4) is 0 Å². The molecule has 0 radical (unpaired) electrons. The lowest BCUT2D eigenvalue weighted by molar-refractivity contribution is 0.139. The van der Waals surface area contributed by atoms with Gasteiger partial charge in [0.1, 0.15) is 0 Å². The zero-order valence-corrected chi connectivity index (χ0v) is 9.86. The van der Waals surface area contributed by atoms with Gasteiger partial charge in [-0.3, -0.25) is 0 Å². The van der Waals surface area contributed by atoms with Crippen molar-refractivity contribution in [2.24, 2.45) is 5.92 Å². The quantitative estimate of drug-likeness (QED) is 0.803. The number of likely N-dealkylation sites (N-methyl/N-ethyl adjacent to an activating group) is 1. The van der Waals surface area contributed by atoms with E-state index in [4.69, 9.17) is 0 Å². The Balaban J connectivity index is 2.15. The molecule has 1 aliphatic rings. The van der Waals surface area contributed by atoms with Crippen molar-refractivity contribution in [3.05, 3.63) is 22.4 Å². The summed E-state index contributed by atoms with van der Waals surface area (Å²) in [5.74, 6) is 0.847. The monoisotopic (exact) mass is 209 g/mol. The Morgan fingerprint density at radius 3 is 2.93 bits per heavy atom. The fraction of sp³-hybridized carbons (Fsp3) is 0.667. The van der Waals surface area contributed by atoms with E-state index in [1.165, 1.54) is 12.8 Å². The van der Waals surface area contributed by atoms with Crippen LogP contribution in [-0.2, 0) is 5.41 Å². The van der Waals surface area contributed by atoms with Gasteiger partial charge in [-0.05, 0) is 36.8 Å². The minimum Gasteiger partial charge on any atom is -0.316 e. The Morgan fingerprint density at radius 2 is 2.50 bits per heavy atom. The fourth-order valence-electron chi connectivity index (χ4n) is 2.41. The molecule has 1 saturated carbocycles. The summed E-state index contributed by atoms with van der Waals surface area (Å²) in [5, 5.41) is 5.72. The van der Waals surface area contributed by atoms with Gasteiger partial charge in [-0.2, -0.15) is 0 Å². The second-order valence-corrected chi connectivity index (χ2v) is 5.30. The van der Waals surface area contributed by atoms with Crippen LogP contribution in [0.4, 0.5) is 0 Å². The van der Waals surface area contributed by atoms with Crippen molar-refractivity contribution in [3.8, 4) is 0 Å². The number of rotatable bonds is 4. The van der Waals surface area contributed by atoms with Crippen LogP contribution in [0.15, 0.2) is 17.5 Å². The maximum Gasteiger partial charge on any atom is 0.0197 e. The first-order valence-corrected chi connectivity index (χ1v) is 6.42. The summed E-state index contributed by atoms with van der Waals surface area (Å²) < 4.78 is 0. The van der Waals surface area contributed by atoms with Crippen molar-refractivity contribution < 1.29 is 0 Å². The van der Waals surface area contributed by atoms with Gasteiger partial charge in [0.05, 0.1) is 0 Å². The number of hydrogen-bond acceptors (Lipinski definition) is 2. The molecule has 0 saturated heterocycles. The molecule has 78 valence electrons. The third kappa shape index (κ3) is 1.51. The van der Waals surface area contributed by atoms with E-state index in [9.17, 15) is 0 Å². The second-order valence-electron chi connectivity index (χ2n) is 4.35. The minimum absolute atomic E-state index is 0.462. The first-order chi connectivity index (χ1) is 6.79. The molecule has 1 fully saturated rings. The normalized spacial score (nSPS) is 31.4. The molecule has 2 atom stereocenters. The lowest BCUT2D eigenvalue weighted by atomic mass is 9.60. The largest absolute Gasteiger partial charge is 0.316 e. The van der Waals surface area contributed by atoms with Gasteiger partial charge >= 0.3 is 0 Å². The zero-order chi connectivity index (χ0) is 10.0. The van der Waals surface area contributed by atoms with Gasteiger partial charge in [-0.25, -0.2) is 0 Å². The summed E-state index contributed by atoms with van der Waals surface area (Å²) in [5.41, 5.74) is 0.462. The van der Waals surface area contributed by atoms with Crippen molar-refractivity contribution in [2.45, 2.75) is 32.1 Å². The summed E-state index contributed by atoms with van der Waals surface area (Å²) in [6.45, 7) is 6.82. The van der Waals surface area contributed by atoms with E-state index in [1.54, 1.807) is 4.88 Å². The SMILES string of the molecule is CCNCC1(c2cccs2)CCC1C. The molecule has 1 heterocycles. The minimum atomic E-state index is 0.462. The predicted octanol–water partition coefficient (Wildman–Crippen LogP) is 3.03. The highest BCUT2D eigenvalue weighted by Gasteiger charge is 2.45. The van der Waals surface area contributed by atoms with Crippen molar-refractivity contribution >= 4 is 11.3 Å². The van der Waals surface area contributed by atoms with E-state index in [1.807, 2.05) is 11.3 Å². The first-order valence-electron chi connectivity index (χ1n) is 5.54. The Morgan fingerprint density at radius 1 is 1.64 bits per heavy atom. The number of thiophene rings is 1. The summed E-state index contributed by atoms with van der Waals surface area (Å²) in [7, 11) is 0. The maximum absolute atomic E-state index is 3.52. The van der Waals surface area contributed by atoms with Gasteiger partial charge in [0, 0.05) is 16.8 Å². The average molecular weight is 209 g/mol. The van der Waals surface area contributed by atoms with E-state index >= 15 is 0 Å².